The Hall–Kier alpha value is -1.29. The van der Waals surface area contributed by atoms with Gasteiger partial charge in [0.25, 0.3) is 0 Å². The Labute approximate surface area is 101 Å². The smallest absolute Gasteiger partial charge is 0.144 e. The molecule has 1 atom stereocenters. The molecule has 0 radical (unpaired) electrons. The van der Waals surface area contributed by atoms with E-state index in [9.17, 15) is 4.39 Å². The van der Waals surface area contributed by atoms with E-state index in [2.05, 4.69) is 10.6 Å². The van der Waals surface area contributed by atoms with Crippen LogP contribution >= 0.6 is 0 Å². The van der Waals surface area contributed by atoms with Crippen molar-refractivity contribution in [2.24, 2.45) is 0 Å². The molecule has 1 aromatic rings. The average molecular weight is 238 g/mol. The van der Waals surface area contributed by atoms with Crippen LogP contribution in [0.25, 0.3) is 0 Å². The maximum absolute atomic E-state index is 13.0. The van der Waals surface area contributed by atoms with Crippen LogP contribution in [0.5, 0.6) is 5.75 Å². The van der Waals surface area contributed by atoms with E-state index in [-0.39, 0.29) is 5.82 Å². The topological polar surface area (TPSA) is 33.3 Å². The van der Waals surface area contributed by atoms with Crippen LogP contribution < -0.4 is 15.4 Å². The highest BCUT2D eigenvalue weighted by molar-refractivity contribution is 5.56. The number of piperidine rings is 1. The molecule has 1 fully saturated rings. The number of halogens is 1. The van der Waals surface area contributed by atoms with Gasteiger partial charge in [0.2, 0.25) is 0 Å². The highest BCUT2D eigenvalue weighted by Crippen LogP contribution is 2.25. The van der Waals surface area contributed by atoms with E-state index < -0.39 is 0 Å². The summed E-state index contributed by atoms with van der Waals surface area (Å²) in [7, 11) is 1.55. The maximum Gasteiger partial charge on any atom is 0.144 e. The van der Waals surface area contributed by atoms with E-state index >= 15 is 0 Å². The Morgan fingerprint density at radius 2 is 2.35 bits per heavy atom. The summed E-state index contributed by atoms with van der Waals surface area (Å²) in [5.74, 6) is 0.281. The Balaban J connectivity index is 1.93. The average Bonchev–Trinajstić information content (AvgIpc) is 2.38. The molecule has 0 amide bonds. The molecule has 2 N–H and O–H groups in total. The van der Waals surface area contributed by atoms with E-state index in [1.807, 2.05) is 0 Å². The fourth-order valence-corrected chi connectivity index (χ4v) is 2.14. The molecule has 0 aliphatic carbocycles. The third kappa shape index (κ3) is 3.33. The van der Waals surface area contributed by atoms with Gasteiger partial charge in [0.05, 0.1) is 12.8 Å². The number of nitrogens with one attached hydrogen (secondary N) is 2. The fourth-order valence-electron chi connectivity index (χ4n) is 2.14. The highest BCUT2D eigenvalue weighted by Gasteiger charge is 2.13. The highest BCUT2D eigenvalue weighted by atomic mass is 19.1. The van der Waals surface area contributed by atoms with Crippen LogP contribution in [0.2, 0.25) is 0 Å². The Morgan fingerprint density at radius 1 is 1.47 bits per heavy atom. The minimum Gasteiger partial charge on any atom is -0.494 e. The second kappa shape index (κ2) is 5.87. The first-order valence-corrected chi connectivity index (χ1v) is 6.10. The summed E-state index contributed by atoms with van der Waals surface area (Å²) in [4.78, 5) is 0. The number of hydrogen-bond donors (Lipinski definition) is 2. The quantitative estimate of drug-likeness (QED) is 0.845. The zero-order valence-electron chi connectivity index (χ0n) is 10.1. The van der Waals surface area contributed by atoms with Crippen molar-refractivity contribution in [3.63, 3.8) is 0 Å². The molecule has 1 aliphatic rings. The molecule has 0 spiro atoms. The van der Waals surface area contributed by atoms with E-state index in [0.717, 1.165) is 18.8 Å². The van der Waals surface area contributed by atoms with Gasteiger partial charge in [-0.2, -0.15) is 0 Å². The van der Waals surface area contributed by atoms with Gasteiger partial charge in [-0.3, -0.25) is 0 Å². The third-order valence-electron chi connectivity index (χ3n) is 3.11. The van der Waals surface area contributed by atoms with Gasteiger partial charge in [0.15, 0.2) is 0 Å². The Kier molecular flexibility index (Phi) is 4.20. The Bertz CT molecular complexity index is 364. The van der Waals surface area contributed by atoms with E-state index in [4.69, 9.17) is 4.74 Å². The second-order valence-corrected chi connectivity index (χ2v) is 4.37. The van der Waals surface area contributed by atoms with Gasteiger partial charge in [-0.25, -0.2) is 4.39 Å². The van der Waals surface area contributed by atoms with Crippen LogP contribution in [0.4, 0.5) is 10.1 Å². The second-order valence-electron chi connectivity index (χ2n) is 4.37. The molecule has 1 unspecified atom stereocenters. The summed E-state index contributed by atoms with van der Waals surface area (Å²) in [5.41, 5.74) is 0.848. The van der Waals surface area contributed by atoms with Gasteiger partial charge in [-0.05, 0) is 31.5 Å². The largest absolute Gasteiger partial charge is 0.494 e. The fraction of sp³-hybridized carbons (Fsp3) is 0.538. The SMILES string of the molecule is COc1cc(F)ccc1NCC1CCCCN1. The first kappa shape index (κ1) is 12.2. The van der Waals surface area contributed by atoms with Crippen molar-refractivity contribution in [1.29, 1.82) is 0 Å². The van der Waals surface area contributed by atoms with Crippen LogP contribution in [0.15, 0.2) is 18.2 Å². The molecule has 4 heteroatoms. The zero-order chi connectivity index (χ0) is 12.1. The number of hydrogen-bond acceptors (Lipinski definition) is 3. The maximum atomic E-state index is 13.0. The number of benzene rings is 1. The summed E-state index contributed by atoms with van der Waals surface area (Å²) in [6.45, 7) is 1.94. The molecule has 0 aromatic heterocycles. The van der Waals surface area contributed by atoms with Gasteiger partial charge in [-0.1, -0.05) is 6.42 Å². The lowest BCUT2D eigenvalue weighted by Crippen LogP contribution is -2.39. The third-order valence-corrected chi connectivity index (χ3v) is 3.11. The van der Waals surface area contributed by atoms with Gasteiger partial charge < -0.3 is 15.4 Å². The number of rotatable bonds is 4. The van der Waals surface area contributed by atoms with Crippen LogP contribution in [0, 0.1) is 5.82 Å². The molecule has 2 rings (SSSR count). The lowest BCUT2D eigenvalue weighted by atomic mass is 10.1. The van der Waals surface area contributed by atoms with Gasteiger partial charge in [0, 0.05) is 18.7 Å². The van der Waals surface area contributed by atoms with E-state index in [1.54, 1.807) is 13.2 Å². The van der Waals surface area contributed by atoms with Crippen molar-refractivity contribution in [3.05, 3.63) is 24.0 Å². The summed E-state index contributed by atoms with van der Waals surface area (Å²) < 4.78 is 18.2. The van der Waals surface area contributed by atoms with Crippen molar-refractivity contribution < 1.29 is 9.13 Å². The molecular formula is C13H19FN2O. The van der Waals surface area contributed by atoms with E-state index in [0.29, 0.717) is 11.8 Å². The van der Waals surface area contributed by atoms with Crippen molar-refractivity contribution in [2.75, 3.05) is 25.5 Å². The molecule has 94 valence electrons. The van der Waals surface area contributed by atoms with Gasteiger partial charge >= 0.3 is 0 Å². The van der Waals surface area contributed by atoms with Crippen LogP contribution in [-0.4, -0.2) is 26.2 Å². The van der Waals surface area contributed by atoms with Crippen molar-refractivity contribution in [2.45, 2.75) is 25.3 Å². The normalized spacial score (nSPS) is 20.0. The standard InChI is InChI=1S/C13H19FN2O/c1-17-13-8-10(14)5-6-12(13)16-9-11-4-2-3-7-15-11/h5-6,8,11,15-16H,2-4,7,9H2,1H3. The van der Waals surface area contributed by atoms with Crippen molar-refractivity contribution >= 4 is 5.69 Å². The van der Waals surface area contributed by atoms with Crippen LogP contribution in [0.3, 0.4) is 0 Å². The van der Waals surface area contributed by atoms with E-state index in [1.165, 1.54) is 31.4 Å². The monoisotopic (exact) mass is 238 g/mol. The first-order chi connectivity index (χ1) is 8.29. The first-order valence-electron chi connectivity index (χ1n) is 6.10. The number of anilines is 1. The molecule has 1 heterocycles. The van der Waals surface area contributed by atoms with Crippen LogP contribution in [0.1, 0.15) is 19.3 Å². The summed E-state index contributed by atoms with van der Waals surface area (Å²) in [6.07, 6.45) is 3.73. The van der Waals surface area contributed by atoms with Crippen LogP contribution in [-0.2, 0) is 0 Å². The minimum absolute atomic E-state index is 0.275. The molecule has 0 bridgehead atoms. The Morgan fingerprint density at radius 3 is 3.06 bits per heavy atom. The molecular weight excluding hydrogens is 219 g/mol. The molecule has 17 heavy (non-hydrogen) atoms. The van der Waals surface area contributed by atoms with Gasteiger partial charge in [-0.15, -0.1) is 0 Å². The summed E-state index contributed by atoms with van der Waals surface area (Å²) in [6, 6.07) is 5.06. The molecule has 0 saturated carbocycles. The molecule has 1 saturated heterocycles. The molecule has 1 aliphatic heterocycles. The number of ether oxygens (including phenoxy) is 1. The zero-order valence-corrected chi connectivity index (χ0v) is 10.1. The summed E-state index contributed by atoms with van der Waals surface area (Å²) in [5, 5.41) is 6.77. The lowest BCUT2D eigenvalue weighted by molar-refractivity contribution is 0.406. The summed E-state index contributed by atoms with van der Waals surface area (Å²) >= 11 is 0. The van der Waals surface area contributed by atoms with Crippen molar-refractivity contribution in [1.82, 2.24) is 5.32 Å². The minimum atomic E-state index is -0.275. The van der Waals surface area contributed by atoms with Gasteiger partial charge in [0.1, 0.15) is 11.6 Å². The number of methoxy groups -OCH3 is 1. The predicted octanol–water partition coefficient (Wildman–Crippen LogP) is 2.39. The lowest BCUT2D eigenvalue weighted by Gasteiger charge is -2.24. The molecule has 1 aromatic carbocycles. The van der Waals surface area contributed by atoms with Crippen molar-refractivity contribution in [3.8, 4) is 5.75 Å². The predicted molar refractivity (Wildman–Crippen MR) is 67.1 cm³/mol. The molecule has 3 nitrogen and oxygen atoms in total.